The van der Waals surface area contributed by atoms with Gasteiger partial charge in [0.2, 0.25) is 5.88 Å². The number of methoxy groups -OCH3 is 1. The molecule has 9 heteroatoms. The SMILES string of the molecule is COc1cc(Nc2nc(-c3cnc4c(c3)NCCO4)cn3ccnc23)ccc1OC1CCC1. The van der Waals surface area contributed by atoms with Crippen molar-refractivity contribution in [3.05, 3.63) is 49.1 Å². The Morgan fingerprint density at radius 1 is 1.18 bits per heavy atom. The number of nitrogens with zero attached hydrogens (tertiary/aromatic N) is 4. The monoisotopic (exact) mass is 444 g/mol. The zero-order valence-corrected chi connectivity index (χ0v) is 18.2. The van der Waals surface area contributed by atoms with Crippen LogP contribution in [0.3, 0.4) is 0 Å². The molecule has 1 aliphatic heterocycles. The molecule has 2 N–H and O–H groups in total. The van der Waals surface area contributed by atoms with Crippen molar-refractivity contribution >= 4 is 22.8 Å². The number of ether oxygens (including phenoxy) is 3. The quantitative estimate of drug-likeness (QED) is 0.455. The second-order valence-corrected chi connectivity index (χ2v) is 8.15. The summed E-state index contributed by atoms with van der Waals surface area (Å²) in [4.78, 5) is 13.8. The highest BCUT2D eigenvalue weighted by Gasteiger charge is 2.21. The normalized spacial score (nSPS) is 15.2. The predicted molar refractivity (Wildman–Crippen MR) is 125 cm³/mol. The molecule has 6 rings (SSSR count). The van der Waals surface area contributed by atoms with Gasteiger partial charge in [0.05, 0.1) is 24.6 Å². The van der Waals surface area contributed by atoms with Gasteiger partial charge in [-0.25, -0.2) is 15.0 Å². The maximum atomic E-state index is 6.05. The lowest BCUT2D eigenvalue weighted by atomic mass is 9.96. The van der Waals surface area contributed by atoms with Crippen molar-refractivity contribution in [1.29, 1.82) is 0 Å². The van der Waals surface area contributed by atoms with Crippen molar-refractivity contribution in [2.24, 2.45) is 0 Å². The van der Waals surface area contributed by atoms with E-state index in [1.807, 2.05) is 41.1 Å². The zero-order valence-electron chi connectivity index (χ0n) is 18.2. The second-order valence-electron chi connectivity index (χ2n) is 8.15. The summed E-state index contributed by atoms with van der Waals surface area (Å²) in [6.07, 6.45) is 11.1. The summed E-state index contributed by atoms with van der Waals surface area (Å²) in [5, 5.41) is 6.72. The number of anilines is 3. The molecule has 3 aromatic heterocycles. The maximum absolute atomic E-state index is 6.05. The molecule has 0 amide bonds. The molecule has 0 saturated heterocycles. The number of rotatable bonds is 6. The topological polar surface area (TPSA) is 94.8 Å². The minimum absolute atomic E-state index is 0.283. The van der Waals surface area contributed by atoms with E-state index in [0.717, 1.165) is 53.4 Å². The average Bonchev–Trinajstić information content (AvgIpc) is 3.31. The standard InChI is InChI=1S/C24H24N6O3/c1-31-21-12-16(5-6-20(21)33-17-3-2-4-17)28-22-23-26-7-9-30(23)14-19(29-22)15-11-18-24(27-13-15)32-10-8-25-18/h5-7,9,11-14,17,25H,2-4,8,10H2,1H3,(H,28,29). The van der Waals surface area contributed by atoms with Gasteiger partial charge >= 0.3 is 0 Å². The molecule has 33 heavy (non-hydrogen) atoms. The van der Waals surface area contributed by atoms with Gasteiger partial charge < -0.3 is 29.2 Å². The van der Waals surface area contributed by atoms with E-state index >= 15 is 0 Å². The molecule has 4 aromatic rings. The highest BCUT2D eigenvalue weighted by molar-refractivity contribution is 5.75. The molecular formula is C24H24N6O3. The van der Waals surface area contributed by atoms with Crippen molar-refractivity contribution in [2.75, 3.05) is 30.9 Å². The lowest BCUT2D eigenvalue weighted by molar-refractivity contribution is 0.116. The average molecular weight is 444 g/mol. The molecule has 168 valence electrons. The van der Waals surface area contributed by atoms with E-state index in [-0.39, 0.29) is 6.10 Å². The minimum Gasteiger partial charge on any atom is -0.493 e. The third kappa shape index (κ3) is 3.75. The van der Waals surface area contributed by atoms with E-state index < -0.39 is 0 Å². The number of fused-ring (bicyclic) bond motifs is 2. The van der Waals surface area contributed by atoms with E-state index in [1.54, 1.807) is 19.5 Å². The Morgan fingerprint density at radius 3 is 2.97 bits per heavy atom. The number of pyridine rings is 1. The highest BCUT2D eigenvalue weighted by Crippen LogP contribution is 2.36. The summed E-state index contributed by atoms with van der Waals surface area (Å²) < 4.78 is 19.2. The molecule has 4 heterocycles. The minimum atomic E-state index is 0.283. The summed E-state index contributed by atoms with van der Waals surface area (Å²) in [7, 11) is 1.65. The van der Waals surface area contributed by atoms with Crippen LogP contribution < -0.4 is 24.8 Å². The van der Waals surface area contributed by atoms with Gasteiger partial charge in [0.25, 0.3) is 0 Å². The van der Waals surface area contributed by atoms with Crippen LogP contribution in [-0.2, 0) is 0 Å². The fourth-order valence-corrected chi connectivity index (χ4v) is 3.97. The van der Waals surface area contributed by atoms with E-state index in [9.17, 15) is 0 Å². The van der Waals surface area contributed by atoms with Crippen LogP contribution in [0.15, 0.2) is 49.1 Å². The van der Waals surface area contributed by atoms with Crippen LogP contribution >= 0.6 is 0 Å². The lowest BCUT2D eigenvalue weighted by Crippen LogP contribution is -2.24. The molecule has 0 unspecified atom stereocenters. The Labute approximate surface area is 190 Å². The number of benzene rings is 1. The van der Waals surface area contributed by atoms with Gasteiger partial charge in [-0.05, 0) is 37.5 Å². The molecule has 0 spiro atoms. The lowest BCUT2D eigenvalue weighted by Gasteiger charge is -2.27. The molecule has 2 aliphatic rings. The zero-order chi connectivity index (χ0) is 22.2. The first kappa shape index (κ1) is 19.7. The van der Waals surface area contributed by atoms with E-state index in [4.69, 9.17) is 19.2 Å². The van der Waals surface area contributed by atoms with Crippen LogP contribution in [0.4, 0.5) is 17.2 Å². The van der Waals surface area contributed by atoms with E-state index in [2.05, 4.69) is 20.6 Å². The molecular weight excluding hydrogens is 420 g/mol. The smallest absolute Gasteiger partial charge is 0.237 e. The molecule has 0 atom stereocenters. The third-order valence-corrected chi connectivity index (χ3v) is 5.95. The Balaban J connectivity index is 1.34. The Hall–Kier alpha value is -4.01. The van der Waals surface area contributed by atoms with Crippen LogP contribution in [0.2, 0.25) is 0 Å². The van der Waals surface area contributed by atoms with Crippen LogP contribution in [0.1, 0.15) is 19.3 Å². The van der Waals surface area contributed by atoms with Gasteiger partial charge in [-0.15, -0.1) is 0 Å². The number of imidazole rings is 1. The number of hydrogen-bond acceptors (Lipinski definition) is 8. The van der Waals surface area contributed by atoms with Gasteiger partial charge in [-0.3, -0.25) is 0 Å². The van der Waals surface area contributed by atoms with Crippen molar-refractivity contribution in [2.45, 2.75) is 25.4 Å². The van der Waals surface area contributed by atoms with Crippen molar-refractivity contribution in [1.82, 2.24) is 19.4 Å². The van der Waals surface area contributed by atoms with Gasteiger partial charge in [0, 0.05) is 48.6 Å². The van der Waals surface area contributed by atoms with Gasteiger partial charge in [-0.2, -0.15) is 0 Å². The van der Waals surface area contributed by atoms with Gasteiger partial charge in [0.15, 0.2) is 23.0 Å². The first-order valence-corrected chi connectivity index (χ1v) is 11.1. The fourth-order valence-electron chi connectivity index (χ4n) is 3.97. The Morgan fingerprint density at radius 2 is 2.12 bits per heavy atom. The van der Waals surface area contributed by atoms with Crippen molar-refractivity contribution in [3.63, 3.8) is 0 Å². The summed E-state index contributed by atoms with van der Waals surface area (Å²) in [6.45, 7) is 1.36. The molecule has 1 aromatic carbocycles. The summed E-state index contributed by atoms with van der Waals surface area (Å²) in [6, 6.07) is 7.83. The van der Waals surface area contributed by atoms with Gasteiger partial charge in [-0.1, -0.05) is 0 Å². The molecule has 0 bridgehead atoms. The van der Waals surface area contributed by atoms with Crippen LogP contribution in [0, 0.1) is 0 Å². The van der Waals surface area contributed by atoms with E-state index in [0.29, 0.717) is 24.1 Å². The summed E-state index contributed by atoms with van der Waals surface area (Å²) in [5.74, 6) is 2.69. The number of hydrogen-bond donors (Lipinski definition) is 2. The first-order chi connectivity index (χ1) is 16.3. The van der Waals surface area contributed by atoms with Crippen LogP contribution in [0.25, 0.3) is 16.9 Å². The summed E-state index contributed by atoms with van der Waals surface area (Å²) >= 11 is 0. The van der Waals surface area contributed by atoms with Crippen LogP contribution in [-0.4, -0.2) is 45.7 Å². The van der Waals surface area contributed by atoms with Gasteiger partial charge in [0.1, 0.15) is 6.61 Å². The van der Waals surface area contributed by atoms with Crippen molar-refractivity contribution in [3.8, 4) is 28.6 Å². The van der Waals surface area contributed by atoms with E-state index in [1.165, 1.54) is 6.42 Å². The maximum Gasteiger partial charge on any atom is 0.237 e. The molecule has 0 radical (unpaired) electrons. The fraction of sp³-hybridized carbons (Fsp3) is 0.292. The number of aromatic nitrogens is 4. The molecule has 1 fully saturated rings. The highest BCUT2D eigenvalue weighted by atomic mass is 16.5. The summed E-state index contributed by atoms with van der Waals surface area (Å²) in [5.41, 5.74) is 4.07. The first-order valence-electron chi connectivity index (χ1n) is 11.1. The predicted octanol–water partition coefficient (Wildman–Crippen LogP) is 4.28. The van der Waals surface area contributed by atoms with Crippen LogP contribution in [0.5, 0.6) is 17.4 Å². The second kappa shape index (κ2) is 8.16. The largest absolute Gasteiger partial charge is 0.493 e. The number of nitrogens with one attached hydrogen (secondary N) is 2. The third-order valence-electron chi connectivity index (χ3n) is 5.95. The molecule has 1 aliphatic carbocycles. The molecule has 1 saturated carbocycles. The molecule has 9 nitrogen and oxygen atoms in total. The Bertz CT molecular complexity index is 1320. The van der Waals surface area contributed by atoms with Crippen molar-refractivity contribution < 1.29 is 14.2 Å². The Kier molecular flexibility index (Phi) is 4.86.